The minimum absolute atomic E-state index is 0.567. The number of rotatable bonds is 5. The third kappa shape index (κ3) is 3.18. The number of aryl methyl sites for hydroxylation is 1. The van der Waals surface area contributed by atoms with Gasteiger partial charge in [0.15, 0.2) is 5.82 Å². The number of methoxy groups -OCH3 is 1. The van der Waals surface area contributed by atoms with Crippen molar-refractivity contribution in [1.82, 2.24) is 9.97 Å². The number of nitrogens with zero attached hydrogens (tertiary/aromatic N) is 2. The van der Waals surface area contributed by atoms with Crippen LogP contribution in [0.1, 0.15) is 19.0 Å². The molecule has 0 unspecified atom stereocenters. The fraction of sp³-hybridized carbons (Fsp3) is 0.286. The molecule has 106 valence electrons. The average molecular weight is 293 g/mol. The Morgan fingerprint density at radius 3 is 2.75 bits per heavy atom. The summed E-state index contributed by atoms with van der Waals surface area (Å²) in [6.45, 7) is 2.10. The first-order valence-corrected chi connectivity index (χ1v) is 6.74. The van der Waals surface area contributed by atoms with Crippen LogP contribution in [0.15, 0.2) is 24.3 Å². The van der Waals surface area contributed by atoms with Crippen molar-refractivity contribution in [2.75, 3.05) is 12.5 Å². The standard InChI is InChI=1S/C14H17ClN4O/c1-3-4-10-8-13(19-16)18-14(17-10)11-6-5-9(15)7-12(11)20-2/h5-8H,3-4,16H2,1-2H3,(H,17,18,19). The van der Waals surface area contributed by atoms with Gasteiger partial charge >= 0.3 is 0 Å². The Morgan fingerprint density at radius 2 is 2.10 bits per heavy atom. The predicted molar refractivity (Wildman–Crippen MR) is 80.8 cm³/mol. The Hall–Kier alpha value is -1.85. The number of hydrazine groups is 1. The zero-order valence-corrected chi connectivity index (χ0v) is 12.2. The molecule has 1 heterocycles. The van der Waals surface area contributed by atoms with Crippen molar-refractivity contribution in [3.8, 4) is 17.1 Å². The molecule has 20 heavy (non-hydrogen) atoms. The fourth-order valence-corrected chi connectivity index (χ4v) is 2.09. The van der Waals surface area contributed by atoms with E-state index in [-0.39, 0.29) is 0 Å². The van der Waals surface area contributed by atoms with Gasteiger partial charge in [0.1, 0.15) is 11.6 Å². The fourth-order valence-electron chi connectivity index (χ4n) is 1.93. The highest BCUT2D eigenvalue weighted by Gasteiger charge is 2.12. The summed E-state index contributed by atoms with van der Waals surface area (Å²) in [6.07, 6.45) is 1.86. The first-order chi connectivity index (χ1) is 9.67. The lowest BCUT2D eigenvalue weighted by molar-refractivity contribution is 0.416. The third-order valence-electron chi connectivity index (χ3n) is 2.84. The summed E-state index contributed by atoms with van der Waals surface area (Å²) in [5, 5.41) is 0.604. The first-order valence-electron chi connectivity index (χ1n) is 6.36. The quantitative estimate of drug-likeness (QED) is 0.654. The number of nitrogens with two attached hydrogens (primary N) is 1. The number of halogens is 1. The molecular formula is C14H17ClN4O. The molecule has 1 aromatic heterocycles. The Labute approximate surface area is 123 Å². The van der Waals surface area contributed by atoms with Gasteiger partial charge in [0, 0.05) is 16.8 Å². The molecule has 0 spiro atoms. The SMILES string of the molecule is CCCc1cc(NN)nc(-c2ccc(Cl)cc2OC)n1. The monoisotopic (exact) mass is 292 g/mol. The van der Waals surface area contributed by atoms with Crippen molar-refractivity contribution in [2.24, 2.45) is 5.84 Å². The number of nitrogens with one attached hydrogen (secondary N) is 1. The Balaban J connectivity index is 2.53. The number of ether oxygens (including phenoxy) is 1. The minimum Gasteiger partial charge on any atom is -0.496 e. The second-order valence-electron chi connectivity index (χ2n) is 4.31. The topological polar surface area (TPSA) is 73.1 Å². The molecule has 2 aromatic rings. The van der Waals surface area contributed by atoms with Crippen molar-refractivity contribution in [1.29, 1.82) is 0 Å². The summed E-state index contributed by atoms with van der Waals surface area (Å²) in [7, 11) is 1.59. The lowest BCUT2D eigenvalue weighted by Gasteiger charge is -2.10. The van der Waals surface area contributed by atoms with Gasteiger partial charge in [0.2, 0.25) is 0 Å². The average Bonchev–Trinajstić information content (AvgIpc) is 2.47. The highest BCUT2D eigenvalue weighted by molar-refractivity contribution is 6.30. The van der Waals surface area contributed by atoms with Crippen LogP contribution >= 0.6 is 11.6 Å². The van der Waals surface area contributed by atoms with Gasteiger partial charge in [-0.05, 0) is 24.6 Å². The molecule has 5 nitrogen and oxygen atoms in total. The smallest absolute Gasteiger partial charge is 0.165 e. The van der Waals surface area contributed by atoms with Gasteiger partial charge in [-0.1, -0.05) is 24.9 Å². The summed E-state index contributed by atoms with van der Waals surface area (Å²) >= 11 is 5.97. The number of benzene rings is 1. The van der Waals surface area contributed by atoms with Crippen LogP contribution in [0.4, 0.5) is 5.82 Å². The highest BCUT2D eigenvalue weighted by Crippen LogP contribution is 2.31. The first kappa shape index (κ1) is 14.6. The molecule has 0 bridgehead atoms. The van der Waals surface area contributed by atoms with Gasteiger partial charge < -0.3 is 10.2 Å². The Bertz CT molecular complexity index is 604. The molecular weight excluding hydrogens is 276 g/mol. The van der Waals surface area contributed by atoms with E-state index in [2.05, 4.69) is 22.3 Å². The number of nitrogen functional groups attached to an aromatic ring is 1. The van der Waals surface area contributed by atoms with Crippen LogP contribution in [-0.4, -0.2) is 17.1 Å². The molecule has 0 aliphatic rings. The van der Waals surface area contributed by atoms with E-state index in [9.17, 15) is 0 Å². The van der Waals surface area contributed by atoms with Crippen LogP contribution in [-0.2, 0) is 6.42 Å². The second kappa shape index (κ2) is 6.54. The van der Waals surface area contributed by atoms with Crippen molar-refractivity contribution in [3.05, 3.63) is 35.0 Å². The van der Waals surface area contributed by atoms with Gasteiger partial charge in [0.25, 0.3) is 0 Å². The van der Waals surface area contributed by atoms with Gasteiger partial charge in [-0.15, -0.1) is 0 Å². The van der Waals surface area contributed by atoms with Gasteiger partial charge in [0.05, 0.1) is 12.7 Å². The van der Waals surface area contributed by atoms with Crippen LogP contribution in [0.3, 0.4) is 0 Å². The molecule has 3 N–H and O–H groups in total. The maximum absolute atomic E-state index is 5.97. The third-order valence-corrected chi connectivity index (χ3v) is 3.07. The summed E-state index contributed by atoms with van der Waals surface area (Å²) in [6, 6.07) is 7.20. The van der Waals surface area contributed by atoms with Gasteiger partial charge in [-0.2, -0.15) is 0 Å². The van der Waals surface area contributed by atoms with E-state index < -0.39 is 0 Å². The Morgan fingerprint density at radius 1 is 1.30 bits per heavy atom. The lowest BCUT2D eigenvalue weighted by atomic mass is 10.1. The van der Waals surface area contributed by atoms with Crippen molar-refractivity contribution >= 4 is 17.4 Å². The van der Waals surface area contributed by atoms with Gasteiger partial charge in [-0.3, -0.25) is 0 Å². The van der Waals surface area contributed by atoms with E-state index in [1.165, 1.54) is 0 Å². The number of aromatic nitrogens is 2. The molecule has 0 amide bonds. The largest absolute Gasteiger partial charge is 0.496 e. The highest BCUT2D eigenvalue weighted by atomic mass is 35.5. The molecule has 0 saturated heterocycles. The van der Waals surface area contributed by atoms with Crippen LogP contribution in [0.2, 0.25) is 5.02 Å². The zero-order valence-electron chi connectivity index (χ0n) is 11.5. The van der Waals surface area contributed by atoms with E-state index in [4.69, 9.17) is 22.2 Å². The van der Waals surface area contributed by atoms with Crippen LogP contribution in [0.25, 0.3) is 11.4 Å². The van der Waals surface area contributed by atoms with Crippen molar-refractivity contribution in [3.63, 3.8) is 0 Å². The lowest BCUT2D eigenvalue weighted by Crippen LogP contribution is -2.10. The summed E-state index contributed by atoms with van der Waals surface area (Å²) in [4.78, 5) is 8.92. The minimum atomic E-state index is 0.567. The van der Waals surface area contributed by atoms with Gasteiger partial charge in [-0.25, -0.2) is 15.8 Å². The normalized spacial score (nSPS) is 10.4. The van der Waals surface area contributed by atoms with Crippen LogP contribution < -0.4 is 16.0 Å². The molecule has 0 fully saturated rings. The molecule has 0 aliphatic heterocycles. The predicted octanol–water partition coefficient (Wildman–Crippen LogP) is 3.04. The van der Waals surface area contributed by atoms with Crippen molar-refractivity contribution in [2.45, 2.75) is 19.8 Å². The number of hydrogen-bond acceptors (Lipinski definition) is 5. The molecule has 0 atom stereocenters. The molecule has 1 aromatic carbocycles. The molecule has 6 heteroatoms. The molecule has 0 radical (unpaired) electrons. The maximum Gasteiger partial charge on any atom is 0.165 e. The molecule has 0 aliphatic carbocycles. The number of hydrogen-bond donors (Lipinski definition) is 2. The van der Waals surface area contributed by atoms with Crippen molar-refractivity contribution < 1.29 is 4.74 Å². The van der Waals surface area contributed by atoms with E-state index >= 15 is 0 Å². The maximum atomic E-state index is 5.97. The van der Waals surface area contributed by atoms with E-state index in [0.717, 1.165) is 24.1 Å². The van der Waals surface area contributed by atoms with E-state index in [1.54, 1.807) is 19.2 Å². The summed E-state index contributed by atoms with van der Waals surface area (Å²) in [5.41, 5.74) is 4.28. The van der Waals surface area contributed by atoms with Crippen LogP contribution in [0.5, 0.6) is 5.75 Å². The Kier molecular flexibility index (Phi) is 4.76. The molecule has 2 rings (SSSR count). The number of anilines is 1. The van der Waals surface area contributed by atoms with E-state index in [0.29, 0.717) is 22.4 Å². The summed E-state index contributed by atoms with van der Waals surface area (Å²) < 4.78 is 5.34. The van der Waals surface area contributed by atoms with E-state index in [1.807, 2.05) is 12.1 Å². The van der Waals surface area contributed by atoms with Crippen LogP contribution in [0, 0.1) is 0 Å². The second-order valence-corrected chi connectivity index (χ2v) is 4.74. The summed E-state index contributed by atoms with van der Waals surface area (Å²) in [5.74, 6) is 7.24. The molecule has 0 saturated carbocycles. The zero-order chi connectivity index (χ0) is 14.5.